The molecule has 3 nitrogen and oxygen atoms in total. The van der Waals surface area contributed by atoms with Crippen LogP contribution in [-0.4, -0.2) is 31.8 Å². The topological polar surface area (TPSA) is 38.3 Å². The first-order valence-electron chi connectivity index (χ1n) is 5.28. The number of hydrogen-bond acceptors (Lipinski definition) is 3. The Morgan fingerprint density at radius 1 is 1.38 bits per heavy atom. The summed E-state index contributed by atoms with van der Waals surface area (Å²) in [6, 6.07) is -0.420. The average Bonchev–Trinajstić information content (AvgIpc) is 2.21. The number of ether oxygens (including phenoxy) is 1. The number of rotatable bonds is 7. The molecule has 0 amide bonds. The Labute approximate surface area is 93.3 Å². The van der Waals surface area contributed by atoms with Crippen molar-refractivity contribution < 1.29 is 22.7 Å². The van der Waals surface area contributed by atoms with Crippen LogP contribution in [0.4, 0.5) is 13.2 Å². The van der Waals surface area contributed by atoms with Crippen molar-refractivity contribution >= 4 is 5.97 Å². The highest BCUT2D eigenvalue weighted by atomic mass is 19.4. The molecule has 0 saturated carbocycles. The number of alkyl halides is 3. The maximum atomic E-state index is 11.8. The monoisotopic (exact) mass is 241 g/mol. The second-order valence-corrected chi connectivity index (χ2v) is 3.51. The number of halogens is 3. The Morgan fingerprint density at radius 2 is 2.00 bits per heavy atom. The minimum Gasteiger partial charge on any atom is -0.468 e. The van der Waals surface area contributed by atoms with Crippen molar-refractivity contribution in [2.45, 2.75) is 44.8 Å². The van der Waals surface area contributed by atoms with Crippen LogP contribution in [0, 0.1) is 0 Å². The van der Waals surface area contributed by atoms with Crippen LogP contribution in [0.1, 0.15) is 32.6 Å². The molecule has 0 aliphatic carbocycles. The van der Waals surface area contributed by atoms with Crippen LogP contribution in [0.5, 0.6) is 0 Å². The van der Waals surface area contributed by atoms with Crippen LogP contribution in [0.15, 0.2) is 0 Å². The molecule has 1 unspecified atom stereocenters. The van der Waals surface area contributed by atoms with Gasteiger partial charge >= 0.3 is 12.1 Å². The molecule has 0 rings (SSSR count). The second kappa shape index (κ2) is 7.49. The lowest BCUT2D eigenvalue weighted by atomic mass is 10.2. The van der Waals surface area contributed by atoms with Gasteiger partial charge in [-0.2, -0.15) is 13.2 Å². The highest BCUT2D eigenvalue weighted by Gasteiger charge is 2.25. The standard InChI is InChI=1S/C10H18F3NO2/c1-3-8(9(15)16-2)14-7-5-4-6-10(11,12)13/h8,14H,3-7H2,1-2H3. The normalized spacial score (nSPS) is 13.6. The summed E-state index contributed by atoms with van der Waals surface area (Å²) in [5.41, 5.74) is 0. The van der Waals surface area contributed by atoms with Gasteiger partial charge in [0.2, 0.25) is 0 Å². The summed E-state index contributed by atoms with van der Waals surface area (Å²) in [4.78, 5) is 11.1. The molecule has 0 spiro atoms. The van der Waals surface area contributed by atoms with Gasteiger partial charge in [-0.3, -0.25) is 4.79 Å². The zero-order valence-corrected chi connectivity index (χ0v) is 9.56. The molecule has 0 bridgehead atoms. The van der Waals surface area contributed by atoms with Gasteiger partial charge in [0.25, 0.3) is 0 Å². The molecule has 0 aromatic rings. The summed E-state index contributed by atoms with van der Waals surface area (Å²) in [6.07, 6.45) is -3.83. The number of methoxy groups -OCH3 is 1. The Morgan fingerprint density at radius 3 is 2.44 bits per heavy atom. The van der Waals surface area contributed by atoms with E-state index in [-0.39, 0.29) is 12.4 Å². The Kier molecular flexibility index (Phi) is 7.12. The largest absolute Gasteiger partial charge is 0.468 e. The molecule has 0 fully saturated rings. The molecule has 1 atom stereocenters. The summed E-state index contributed by atoms with van der Waals surface area (Å²) < 4.78 is 39.9. The van der Waals surface area contributed by atoms with E-state index in [4.69, 9.17) is 0 Å². The smallest absolute Gasteiger partial charge is 0.389 e. The van der Waals surface area contributed by atoms with Gasteiger partial charge in [-0.15, -0.1) is 0 Å². The fraction of sp³-hybridized carbons (Fsp3) is 0.900. The Hall–Kier alpha value is -0.780. The third-order valence-corrected chi connectivity index (χ3v) is 2.17. The molecule has 16 heavy (non-hydrogen) atoms. The zero-order valence-electron chi connectivity index (χ0n) is 9.56. The van der Waals surface area contributed by atoms with Crippen molar-refractivity contribution in [2.24, 2.45) is 0 Å². The van der Waals surface area contributed by atoms with E-state index in [1.807, 2.05) is 6.92 Å². The van der Waals surface area contributed by atoms with E-state index in [1.54, 1.807) is 0 Å². The average molecular weight is 241 g/mol. The molecule has 0 aromatic carbocycles. The number of unbranched alkanes of at least 4 members (excludes halogenated alkanes) is 1. The third kappa shape index (κ3) is 7.50. The van der Waals surface area contributed by atoms with E-state index in [1.165, 1.54) is 7.11 Å². The molecule has 0 aliphatic rings. The highest BCUT2D eigenvalue weighted by Crippen LogP contribution is 2.21. The summed E-state index contributed by atoms with van der Waals surface area (Å²) in [5, 5.41) is 2.86. The minimum absolute atomic E-state index is 0.0775. The first-order chi connectivity index (χ1) is 7.40. The number of esters is 1. The molecule has 1 N–H and O–H groups in total. The quantitative estimate of drug-likeness (QED) is 0.549. The number of hydrogen-bond donors (Lipinski definition) is 1. The van der Waals surface area contributed by atoms with Crippen LogP contribution in [-0.2, 0) is 9.53 Å². The fourth-order valence-corrected chi connectivity index (χ4v) is 1.26. The number of nitrogens with one attached hydrogen (secondary N) is 1. The van der Waals surface area contributed by atoms with Crippen molar-refractivity contribution in [3.05, 3.63) is 0 Å². The zero-order chi connectivity index (χ0) is 12.6. The Balaban J connectivity index is 3.60. The molecule has 0 aromatic heterocycles. The van der Waals surface area contributed by atoms with E-state index >= 15 is 0 Å². The first-order valence-corrected chi connectivity index (χ1v) is 5.28. The molecule has 6 heteroatoms. The van der Waals surface area contributed by atoms with Crippen LogP contribution in [0.3, 0.4) is 0 Å². The Bertz CT molecular complexity index is 207. The van der Waals surface area contributed by atoms with Gasteiger partial charge in [-0.1, -0.05) is 6.92 Å². The van der Waals surface area contributed by atoms with Crippen molar-refractivity contribution in [1.82, 2.24) is 5.32 Å². The molecule has 0 radical (unpaired) electrons. The van der Waals surface area contributed by atoms with Gasteiger partial charge in [-0.25, -0.2) is 0 Å². The predicted octanol–water partition coefficient (Wildman–Crippen LogP) is 2.26. The van der Waals surface area contributed by atoms with Gasteiger partial charge in [-0.05, 0) is 25.8 Å². The lowest BCUT2D eigenvalue weighted by Gasteiger charge is -2.14. The number of carbonyl (C=O) groups excluding carboxylic acids is 1. The first kappa shape index (κ1) is 15.2. The fourth-order valence-electron chi connectivity index (χ4n) is 1.26. The number of carbonyl (C=O) groups is 1. The van der Waals surface area contributed by atoms with Crippen molar-refractivity contribution in [1.29, 1.82) is 0 Å². The van der Waals surface area contributed by atoms with Gasteiger partial charge in [0.15, 0.2) is 0 Å². The maximum Gasteiger partial charge on any atom is 0.389 e. The summed E-state index contributed by atoms with van der Waals surface area (Å²) in [5.74, 6) is -0.377. The molecule has 0 aliphatic heterocycles. The third-order valence-electron chi connectivity index (χ3n) is 2.17. The molecule has 0 saturated heterocycles. The van der Waals surface area contributed by atoms with Gasteiger partial charge < -0.3 is 10.1 Å². The summed E-state index contributed by atoms with van der Waals surface area (Å²) in [6.45, 7) is 2.20. The van der Waals surface area contributed by atoms with Crippen molar-refractivity contribution in [2.75, 3.05) is 13.7 Å². The SMILES string of the molecule is CCC(NCCCCC(F)(F)F)C(=O)OC. The summed E-state index contributed by atoms with van der Waals surface area (Å²) >= 11 is 0. The van der Waals surface area contributed by atoms with Crippen LogP contribution >= 0.6 is 0 Å². The second-order valence-electron chi connectivity index (χ2n) is 3.51. The van der Waals surface area contributed by atoms with Crippen molar-refractivity contribution in [3.63, 3.8) is 0 Å². The molecule has 96 valence electrons. The van der Waals surface area contributed by atoms with Crippen LogP contribution in [0.2, 0.25) is 0 Å². The van der Waals surface area contributed by atoms with Crippen LogP contribution in [0.25, 0.3) is 0 Å². The van der Waals surface area contributed by atoms with E-state index in [2.05, 4.69) is 10.1 Å². The van der Waals surface area contributed by atoms with E-state index in [9.17, 15) is 18.0 Å². The van der Waals surface area contributed by atoms with Crippen LogP contribution < -0.4 is 5.32 Å². The van der Waals surface area contributed by atoms with Gasteiger partial charge in [0, 0.05) is 6.42 Å². The molecule has 0 heterocycles. The lowest BCUT2D eigenvalue weighted by Crippen LogP contribution is -2.37. The molecular weight excluding hydrogens is 223 g/mol. The van der Waals surface area contributed by atoms with E-state index < -0.39 is 18.6 Å². The minimum atomic E-state index is -4.09. The van der Waals surface area contributed by atoms with E-state index in [0.717, 1.165) is 0 Å². The van der Waals surface area contributed by atoms with Gasteiger partial charge in [0.1, 0.15) is 6.04 Å². The van der Waals surface area contributed by atoms with Crippen molar-refractivity contribution in [3.8, 4) is 0 Å². The highest BCUT2D eigenvalue weighted by molar-refractivity contribution is 5.75. The molecular formula is C10H18F3NO2. The van der Waals surface area contributed by atoms with Gasteiger partial charge in [0.05, 0.1) is 7.11 Å². The maximum absolute atomic E-state index is 11.8. The summed E-state index contributed by atoms with van der Waals surface area (Å²) in [7, 11) is 1.29. The predicted molar refractivity (Wildman–Crippen MR) is 54.0 cm³/mol. The lowest BCUT2D eigenvalue weighted by molar-refractivity contribution is -0.143. The van der Waals surface area contributed by atoms with E-state index in [0.29, 0.717) is 19.4 Å².